The molecule has 1 aromatic heterocycles. The molecule has 0 N–H and O–H groups in total. The van der Waals surface area contributed by atoms with Gasteiger partial charge in [-0.3, -0.25) is 9.78 Å². The number of carbonyl (C=O) groups is 1. The van der Waals surface area contributed by atoms with Gasteiger partial charge in [-0.1, -0.05) is 47.8 Å². The molecule has 3 heterocycles. The standard InChI is InChI=1S/C28H29ClFN3O3S/c1-35-25-16-32(28(34)27-21(29)9-5-10-22(27)30)17-26(25)36-20-8-4-7-19(15-20)18-37-33-14-6-12-24(33)23-11-2-3-13-31-23/h2-5,7-11,13,15,24-26H,6,12,14,16-18H2,1H3. The number of likely N-dealkylation sites (tertiary alicyclic amines) is 1. The van der Waals surface area contributed by atoms with E-state index in [4.69, 9.17) is 21.1 Å². The Kier molecular flexibility index (Phi) is 8.30. The van der Waals surface area contributed by atoms with Crippen molar-refractivity contribution in [2.45, 2.75) is 36.8 Å². The van der Waals surface area contributed by atoms with Crippen LogP contribution in [0.5, 0.6) is 5.75 Å². The average Bonchev–Trinajstić information content (AvgIpc) is 3.55. The van der Waals surface area contributed by atoms with Gasteiger partial charge in [-0.05, 0) is 54.8 Å². The van der Waals surface area contributed by atoms with Gasteiger partial charge in [0, 0.05) is 25.6 Å². The first-order chi connectivity index (χ1) is 18.0. The largest absolute Gasteiger partial charge is 0.486 e. The molecule has 0 aliphatic carbocycles. The lowest BCUT2D eigenvalue weighted by Gasteiger charge is -2.23. The Morgan fingerprint density at radius 2 is 1.97 bits per heavy atom. The third-order valence-corrected chi connectivity index (χ3v) is 8.34. The molecule has 2 fully saturated rings. The zero-order chi connectivity index (χ0) is 25.8. The van der Waals surface area contributed by atoms with Gasteiger partial charge in [-0.25, -0.2) is 8.70 Å². The highest BCUT2D eigenvalue weighted by molar-refractivity contribution is 7.96. The molecule has 3 unspecified atom stereocenters. The zero-order valence-electron chi connectivity index (χ0n) is 20.6. The smallest absolute Gasteiger partial charge is 0.258 e. The number of hydrogen-bond acceptors (Lipinski definition) is 6. The van der Waals surface area contributed by atoms with E-state index < -0.39 is 11.7 Å². The summed E-state index contributed by atoms with van der Waals surface area (Å²) in [6.07, 6.45) is 3.41. The molecular weight excluding hydrogens is 513 g/mol. The number of benzene rings is 2. The third kappa shape index (κ3) is 5.93. The molecule has 3 aromatic rings. The van der Waals surface area contributed by atoms with Crippen LogP contribution in [0.25, 0.3) is 0 Å². The number of pyridine rings is 1. The summed E-state index contributed by atoms with van der Waals surface area (Å²) in [7, 11) is 1.59. The normalized spacial score (nSPS) is 21.9. The van der Waals surface area contributed by atoms with Crippen molar-refractivity contribution >= 4 is 29.5 Å². The number of ether oxygens (including phenoxy) is 2. The molecule has 2 aliphatic rings. The summed E-state index contributed by atoms with van der Waals surface area (Å²) in [5, 5.41) is 0.0943. The van der Waals surface area contributed by atoms with E-state index in [1.54, 1.807) is 7.11 Å². The van der Waals surface area contributed by atoms with Crippen LogP contribution in [0.1, 0.15) is 40.5 Å². The van der Waals surface area contributed by atoms with Crippen LogP contribution in [0.3, 0.4) is 0 Å². The molecule has 3 atom stereocenters. The van der Waals surface area contributed by atoms with Gasteiger partial charge in [0.2, 0.25) is 0 Å². The number of methoxy groups -OCH3 is 1. The lowest BCUT2D eigenvalue weighted by molar-refractivity contribution is 0.0339. The quantitative estimate of drug-likeness (QED) is 0.337. The second kappa shape index (κ2) is 11.8. The fourth-order valence-electron chi connectivity index (χ4n) is 4.91. The fraction of sp³-hybridized carbons (Fsp3) is 0.357. The number of amides is 1. The summed E-state index contributed by atoms with van der Waals surface area (Å²) in [4.78, 5) is 19.1. The maximum absolute atomic E-state index is 14.3. The van der Waals surface area contributed by atoms with Gasteiger partial charge in [0.1, 0.15) is 23.8 Å². The summed E-state index contributed by atoms with van der Waals surface area (Å²) < 4.78 is 28.6. The Morgan fingerprint density at radius 1 is 1.14 bits per heavy atom. The van der Waals surface area contributed by atoms with Crippen molar-refractivity contribution in [2.24, 2.45) is 0 Å². The van der Waals surface area contributed by atoms with Crippen LogP contribution >= 0.6 is 23.5 Å². The Bertz CT molecular complexity index is 1210. The molecule has 194 valence electrons. The number of nitrogens with zero attached hydrogens (tertiary/aromatic N) is 3. The molecule has 2 aliphatic heterocycles. The number of aromatic nitrogens is 1. The SMILES string of the molecule is COC1CN(C(=O)c2c(F)cccc2Cl)CC1Oc1cccc(CSN2CCCC2c2ccccn2)c1. The number of carbonyl (C=O) groups excluding carboxylic acids is 1. The van der Waals surface area contributed by atoms with Crippen molar-refractivity contribution < 1.29 is 18.7 Å². The summed E-state index contributed by atoms with van der Waals surface area (Å²) in [6.45, 7) is 1.61. The predicted molar refractivity (Wildman–Crippen MR) is 143 cm³/mol. The third-order valence-electron chi connectivity index (χ3n) is 6.80. The zero-order valence-corrected chi connectivity index (χ0v) is 22.1. The molecule has 0 radical (unpaired) electrons. The Hall–Kier alpha value is -2.65. The summed E-state index contributed by atoms with van der Waals surface area (Å²) >= 11 is 7.93. The topological polar surface area (TPSA) is 54.9 Å². The highest BCUT2D eigenvalue weighted by Gasteiger charge is 2.38. The summed E-state index contributed by atoms with van der Waals surface area (Å²) in [5.41, 5.74) is 2.14. The van der Waals surface area contributed by atoms with Crippen molar-refractivity contribution in [3.8, 4) is 5.75 Å². The molecule has 0 saturated carbocycles. The van der Waals surface area contributed by atoms with E-state index in [1.807, 2.05) is 48.5 Å². The van der Waals surface area contributed by atoms with Gasteiger partial charge in [-0.15, -0.1) is 0 Å². The fourth-order valence-corrected chi connectivity index (χ4v) is 6.30. The second-order valence-corrected chi connectivity index (χ2v) is 10.6. The molecule has 1 amide bonds. The minimum Gasteiger partial charge on any atom is -0.486 e. The predicted octanol–water partition coefficient (Wildman–Crippen LogP) is 5.78. The van der Waals surface area contributed by atoms with Gasteiger partial charge in [0.15, 0.2) is 0 Å². The molecule has 0 bridgehead atoms. The van der Waals surface area contributed by atoms with Crippen LogP contribution in [-0.4, -0.2) is 59.0 Å². The highest BCUT2D eigenvalue weighted by Crippen LogP contribution is 2.37. The summed E-state index contributed by atoms with van der Waals surface area (Å²) in [6, 6.07) is 18.7. The van der Waals surface area contributed by atoms with Gasteiger partial charge in [0.25, 0.3) is 5.91 Å². The monoisotopic (exact) mass is 541 g/mol. The lowest BCUT2D eigenvalue weighted by Crippen LogP contribution is -2.32. The van der Waals surface area contributed by atoms with Crippen molar-refractivity contribution in [2.75, 3.05) is 26.7 Å². The van der Waals surface area contributed by atoms with E-state index in [9.17, 15) is 9.18 Å². The van der Waals surface area contributed by atoms with Crippen molar-refractivity contribution in [3.05, 3.63) is 94.5 Å². The van der Waals surface area contributed by atoms with Crippen LogP contribution in [0.4, 0.5) is 4.39 Å². The minimum atomic E-state index is -0.635. The van der Waals surface area contributed by atoms with Crippen molar-refractivity contribution in [1.82, 2.24) is 14.2 Å². The highest BCUT2D eigenvalue weighted by atomic mass is 35.5. The molecular formula is C28H29ClFN3O3S. The van der Waals surface area contributed by atoms with Crippen LogP contribution < -0.4 is 4.74 Å². The molecule has 9 heteroatoms. The first-order valence-electron chi connectivity index (χ1n) is 12.4. The maximum Gasteiger partial charge on any atom is 0.258 e. The summed E-state index contributed by atoms with van der Waals surface area (Å²) in [5.74, 6) is 0.430. The Morgan fingerprint density at radius 3 is 2.76 bits per heavy atom. The van der Waals surface area contributed by atoms with Crippen molar-refractivity contribution in [3.63, 3.8) is 0 Å². The Balaban J connectivity index is 1.22. The molecule has 37 heavy (non-hydrogen) atoms. The van der Waals surface area contributed by atoms with Crippen LogP contribution in [0, 0.1) is 5.82 Å². The number of hydrogen-bond donors (Lipinski definition) is 0. The van der Waals surface area contributed by atoms with Crippen LogP contribution in [-0.2, 0) is 10.5 Å². The Labute approximate surface area is 225 Å². The van der Waals surface area contributed by atoms with E-state index in [1.165, 1.54) is 23.1 Å². The second-order valence-electron chi connectivity index (χ2n) is 9.21. The van der Waals surface area contributed by atoms with E-state index in [2.05, 4.69) is 21.4 Å². The van der Waals surface area contributed by atoms with E-state index >= 15 is 0 Å². The average molecular weight is 542 g/mol. The molecule has 0 spiro atoms. The van der Waals surface area contributed by atoms with E-state index in [-0.39, 0.29) is 29.3 Å². The van der Waals surface area contributed by atoms with E-state index in [0.29, 0.717) is 18.3 Å². The first kappa shape index (κ1) is 26.0. The number of rotatable bonds is 8. The molecule has 2 aromatic carbocycles. The minimum absolute atomic E-state index is 0.0943. The van der Waals surface area contributed by atoms with E-state index in [0.717, 1.165) is 36.4 Å². The maximum atomic E-state index is 14.3. The van der Waals surface area contributed by atoms with Gasteiger partial charge < -0.3 is 14.4 Å². The van der Waals surface area contributed by atoms with Gasteiger partial charge in [-0.2, -0.15) is 0 Å². The van der Waals surface area contributed by atoms with Crippen LogP contribution in [0.15, 0.2) is 66.9 Å². The van der Waals surface area contributed by atoms with Gasteiger partial charge in [0.05, 0.1) is 35.4 Å². The van der Waals surface area contributed by atoms with Crippen molar-refractivity contribution in [1.29, 1.82) is 0 Å². The lowest BCUT2D eigenvalue weighted by atomic mass is 10.1. The first-order valence-corrected chi connectivity index (χ1v) is 13.7. The molecule has 6 nitrogen and oxygen atoms in total. The molecule has 2 saturated heterocycles. The van der Waals surface area contributed by atoms with Crippen LogP contribution in [0.2, 0.25) is 5.02 Å². The molecule has 5 rings (SSSR count). The van der Waals surface area contributed by atoms with Gasteiger partial charge >= 0.3 is 0 Å². The number of halogens is 2.